The molecule has 0 aliphatic heterocycles. The number of hydrogen-bond donors (Lipinski definition) is 1. The van der Waals surface area contributed by atoms with Crippen LogP contribution in [0.25, 0.3) is 10.7 Å². The van der Waals surface area contributed by atoms with Gasteiger partial charge >= 0.3 is 0 Å². The zero-order valence-corrected chi connectivity index (χ0v) is 17.7. The fourth-order valence-electron chi connectivity index (χ4n) is 2.68. The summed E-state index contributed by atoms with van der Waals surface area (Å²) in [5.41, 5.74) is 0.355. The lowest BCUT2D eigenvalue weighted by Crippen LogP contribution is -2.47. The van der Waals surface area contributed by atoms with Gasteiger partial charge in [0.25, 0.3) is 0 Å². The zero-order chi connectivity index (χ0) is 21.0. The minimum atomic E-state index is -3.71. The Morgan fingerprint density at radius 1 is 1.31 bits per heavy atom. The van der Waals surface area contributed by atoms with E-state index in [1.807, 2.05) is 17.5 Å². The summed E-state index contributed by atoms with van der Waals surface area (Å²) >= 11 is 1.47. The van der Waals surface area contributed by atoms with Crippen molar-refractivity contribution in [2.75, 3.05) is 17.7 Å². The van der Waals surface area contributed by atoms with Crippen LogP contribution in [0.1, 0.15) is 12.8 Å². The molecule has 3 rings (SSSR count). The zero-order valence-electron chi connectivity index (χ0n) is 16.0. The highest BCUT2D eigenvalue weighted by molar-refractivity contribution is 7.92. The number of carbonyl (C=O) groups excluding carboxylic acids is 1. The molecule has 1 N–H and O–H groups in total. The Morgan fingerprint density at radius 3 is 2.62 bits per heavy atom. The van der Waals surface area contributed by atoms with Gasteiger partial charge in [0.15, 0.2) is 0 Å². The molecule has 29 heavy (non-hydrogen) atoms. The van der Waals surface area contributed by atoms with E-state index in [4.69, 9.17) is 9.26 Å². The molecular formula is C18H20N4O5S2. The van der Waals surface area contributed by atoms with E-state index >= 15 is 0 Å². The number of anilines is 1. The number of nitrogens with zero attached hydrogens (tertiary/aromatic N) is 3. The lowest BCUT2D eigenvalue weighted by molar-refractivity contribution is -0.122. The number of sulfonamides is 1. The van der Waals surface area contributed by atoms with E-state index in [0.29, 0.717) is 17.3 Å². The van der Waals surface area contributed by atoms with Crippen molar-refractivity contribution >= 4 is 33.0 Å². The molecule has 0 saturated carbocycles. The second-order valence-electron chi connectivity index (χ2n) is 6.14. The molecule has 1 atom stereocenters. The fraction of sp³-hybridized carbons (Fsp3) is 0.278. The minimum absolute atomic E-state index is 0.0121. The normalized spacial score (nSPS) is 12.4. The number of rotatable bonds is 8. The van der Waals surface area contributed by atoms with Crippen LogP contribution in [0.15, 0.2) is 46.3 Å². The Hall–Kier alpha value is -2.92. The standard InChI is InChI=1S/C18H20N4O5S2/c1-12(22(29(3,24)25)13-6-8-14(26-2)9-7-13)18(23)19-11-16-20-17(21-27-16)15-5-4-10-28-15/h4-10,12H,11H2,1-3H3,(H,19,23)/t12-/m1/s1. The fourth-order valence-corrected chi connectivity index (χ4v) is 4.50. The summed E-state index contributed by atoms with van der Waals surface area (Å²) < 4.78 is 35.9. The van der Waals surface area contributed by atoms with Gasteiger partial charge in [0.05, 0.1) is 30.5 Å². The van der Waals surface area contributed by atoms with Crippen LogP contribution in [-0.2, 0) is 21.4 Å². The number of thiophene rings is 1. The Bertz CT molecular complexity index is 1060. The van der Waals surface area contributed by atoms with Crippen LogP contribution in [0.3, 0.4) is 0 Å². The molecule has 0 unspecified atom stereocenters. The molecule has 0 fully saturated rings. The van der Waals surface area contributed by atoms with Gasteiger partial charge in [-0.25, -0.2) is 8.42 Å². The third-order valence-electron chi connectivity index (χ3n) is 4.04. The van der Waals surface area contributed by atoms with Crippen LogP contribution >= 0.6 is 11.3 Å². The van der Waals surface area contributed by atoms with Crippen molar-refractivity contribution in [2.45, 2.75) is 19.5 Å². The smallest absolute Gasteiger partial charge is 0.246 e. The van der Waals surface area contributed by atoms with Crippen LogP contribution in [0.5, 0.6) is 5.75 Å². The number of hydrogen-bond acceptors (Lipinski definition) is 8. The van der Waals surface area contributed by atoms with Gasteiger partial charge in [0.2, 0.25) is 27.6 Å². The summed E-state index contributed by atoms with van der Waals surface area (Å²) in [6.45, 7) is 1.49. The summed E-state index contributed by atoms with van der Waals surface area (Å²) in [7, 11) is -2.19. The first-order chi connectivity index (χ1) is 13.8. The van der Waals surface area contributed by atoms with E-state index < -0.39 is 22.0 Å². The van der Waals surface area contributed by atoms with Crippen molar-refractivity contribution < 1.29 is 22.5 Å². The first kappa shape index (κ1) is 20.8. The predicted octanol–water partition coefficient (Wildman–Crippen LogP) is 2.28. The van der Waals surface area contributed by atoms with E-state index in [1.165, 1.54) is 25.4 Å². The molecule has 0 radical (unpaired) electrons. The van der Waals surface area contributed by atoms with Crippen molar-refractivity contribution in [1.29, 1.82) is 0 Å². The van der Waals surface area contributed by atoms with E-state index in [0.717, 1.165) is 15.4 Å². The molecule has 0 saturated heterocycles. The molecule has 1 aromatic carbocycles. The molecule has 154 valence electrons. The summed E-state index contributed by atoms with van der Waals surface area (Å²) in [6.07, 6.45) is 1.05. The van der Waals surface area contributed by atoms with Crippen LogP contribution in [0.4, 0.5) is 5.69 Å². The Balaban J connectivity index is 1.70. The van der Waals surface area contributed by atoms with Crippen LogP contribution in [-0.4, -0.2) is 43.9 Å². The number of methoxy groups -OCH3 is 1. The lowest BCUT2D eigenvalue weighted by atomic mass is 10.2. The van der Waals surface area contributed by atoms with Crippen LogP contribution in [0, 0.1) is 0 Å². The van der Waals surface area contributed by atoms with Crippen molar-refractivity contribution in [3.63, 3.8) is 0 Å². The summed E-state index contributed by atoms with van der Waals surface area (Å²) in [4.78, 5) is 17.7. The van der Waals surface area contributed by atoms with Gasteiger partial charge in [-0.05, 0) is 42.6 Å². The minimum Gasteiger partial charge on any atom is -0.497 e. The quantitative estimate of drug-likeness (QED) is 0.576. The largest absolute Gasteiger partial charge is 0.497 e. The van der Waals surface area contributed by atoms with Gasteiger partial charge in [-0.3, -0.25) is 9.10 Å². The molecule has 0 aliphatic carbocycles. The van der Waals surface area contributed by atoms with Gasteiger partial charge < -0.3 is 14.6 Å². The Labute approximate surface area is 172 Å². The molecule has 0 bridgehead atoms. The van der Waals surface area contributed by atoms with Gasteiger partial charge in [0, 0.05) is 0 Å². The maximum absolute atomic E-state index is 12.6. The molecule has 0 aliphatic rings. The second-order valence-corrected chi connectivity index (χ2v) is 8.95. The van der Waals surface area contributed by atoms with Gasteiger partial charge in [-0.1, -0.05) is 11.2 Å². The highest BCUT2D eigenvalue weighted by Gasteiger charge is 2.29. The first-order valence-corrected chi connectivity index (χ1v) is 11.3. The maximum Gasteiger partial charge on any atom is 0.246 e. The molecule has 3 aromatic rings. The monoisotopic (exact) mass is 436 g/mol. The van der Waals surface area contributed by atoms with Crippen molar-refractivity contribution in [2.24, 2.45) is 0 Å². The average molecular weight is 437 g/mol. The van der Waals surface area contributed by atoms with Crippen molar-refractivity contribution in [3.8, 4) is 16.5 Å². The molecule has 9 nitrogen and oxygen atoms in total. The van der Waals surface area contributed by atoms with Gasteiger partial charge in [-0.15, -0.1) is 11.3 Å². The maximum atomic E-state index is 12.6. The van der Waals surface area contributed by atoms with Crippen LogP contribution in [0.2, 0.25) is 0 Å². The van der Waals surface area contributed by atoms with E-state index in [2.05, 4.69) is 15.5 Å². The van der Waals surface area contributed by atoms with Crippen LogP contribution < -0.4 is 14.4 Å². The number of ether oxygens (including phenoxy) is 1. The summed E-state index contributed by atoms with van der Waals surface area (Å²) in [6, 6.07) is 9.16. The molecule has 0 spiro atoms. The number of aromatic nitrogens is 2. The second kappa shape index (κ2) is 8.62. The van der Waals surface area contributed by atoms with Crippen molar-refractivity contribution in [1.82, 2.24) is 15.5 Å². The number of amides is 1. The average Bonchev–Trinajstić information content (AvgIpc) is 3.37. The molecule has 1 amide bonds. The van der Waals surface area contributed by atoms with Gasteiger partial charge in [-0.2, -0.15) is 4.98 Å². The third-order valence-corrected chi connectivity index (χ3v) is 6.15. The molecular weight excluding hydrogens is 416 g/mol. The Morgan fingerprint density at radius 2 is 2.03 bits per heavy atom. The molecule has 2 heterocycles. The lowest BCUT2D eigenvalue weighted by Gasteiger charge is -2.28. The molecule has 11 heteroatoms. The third kappa shape index (κ3) is 4.93. The topological polar surface area (TPSA) is 115 Å². The van der Waals surface area contributed by atoms with Gasteiger partial charge in [0.1, 0.15) is 11.8 Å². The Kier molecular flexibility index (Phi) is 6.18. The highest BCUT2D eigenvalue weighted by Crippen LogP contribution is 2.24. The van der Waals surface area contributed by atoms with E-state index in [1.54, 1.807) is 24.3 Å². The number of carbonyl (C=O) groups is 1. The molecule has 2 aromatic heterocycles. The summed E-state index contributed by atoms with van der Waals surface area (Å²) in [5.74, 6) is 0.747. The van der Waals surface area contributed by atoms with E-state index in [-0.39, 0.29) is 12.4 Å². The first-order valence-electron chi connectivity index (χ1n) is 8.57. The summed E-state index contributed by atoms with van der Waals surface area (Å²) in [5, 5.41) is 8.41. The van der Waals surface area contributed by atoms with Crippen molar-refractivity contribution in [3.05, 3.63) is 47.7 Å². The number of nitrogens with one attached hydrogen (secondary N) is 1. The highest BCUT2D eigenvalue weighted by atomic mass is 32.2. The predicted molar refractivity (Wildman–Crippen MR) is 109 cm³/mol. The SMILES string of the molecule is COc1ccc(N([C@H](C)C(=O)NCc2nc(-c3cccs3)no2)S(C)(=O)=O)cc1. The number of benzene rings is 1. The van der Waals surface area contributed by atoms with E-state index in [9.17, 15) is 13.2 Å².